The van der Waals surface area contributed by atoms with Gasteiger partial charge in [-0.1, -0.05) is 0 Å². The molecule has 104 valence electrons. The largest absolute Gasteiger partial charge is 0.478 e. The zero-order chi connectivity index (χ0) is 14.4. The fourth-order valence-corrected chi connectivity index (χ4v) is 2.22. The molecule has 7 heteroatoms. The fraction of sp³-hybridized carbons (Fsp3) is 0.333. The lowest BCUT2D eigenvalue weighted by atomic mass is 10.2. The molecule has 0 aromatic heterocycles. The number of hydrogen-bond acceptors (Lipinski definition) is 3. The summed E-state index contributed by atoms with van der Waals surface area (Å²) in [4.78, 5) is 24.2. The first-order valence-corrected chi connectivity index (χ1v) is 7.68. The van der Waals surface area contributed by atoms with E-state index in [2.05, 4.69) is 21.2 Å². The van der Waals surface area contributed by atoms with Gasteiger partial charge in [0.25, 0.3) is 0 Å². The second kappa shape index (κ2) is 7.40. The minimum absolute atomic E-state index is 0.167. The van der Waals surface area contributed by atoms with Gasteiger partial charge in [-0.05, 0) is 40.4 Å². The predicted molar refractivity (Wildman–Crippen MR) is 81.1 cm³/mol. The van der Waals surface area contributed by atoms with Crippen LogP contribution >= 0.6 is 27.7 Å². The number of anilines is 1. The van der Waals surface area contributed by atoms with Crippen LogP contribution in [0.1, 0.15) is 10.4 Å². The molecule has 5 nitrogen and oxygen atoms in total. The second-order valence-electron chi connectivity index (χ2n) is 3.84. The summed E-state index contributed by atoms with van der Waals surface area (Å²) in [5, 5.41) is 11.6. The van der Waals surface area contributed by atoms with Crippen molar-refractivity contribution in [2.45, 2.75) is 0 Å². The van der Waals surface area contributed by atoms with E-state index < -0.39 is 5.97 Å². The van der Waals surface area contributed by atoms with Crippen LogP contribution in [-0.2, 0) is 0 Å². The van der Waals surface area contributed by atoms with Gasteiger partial charge in [0.05, 0.1) is 11.3 Å². The van der Waals surface area contributed by atoms with Gasteiger partial charge in [0.2, 0.25) is 0 Å². The molecule has 0 aliphatic rings. The first-order valence-electron chi connectivity index (χ1n) is 5.49. The Balaban J connectivity index is 2.72. The standard InChI is InChI=1S/C12H15BrN2O3S/c1-15(5-6-19-2)12(18)14-10-4-3-8(11(16)17)7-9(10)13/h3-4,7H,5-6H2,1-2H3,(H,14,18)(H,16,17). The SMILES string of the molecule is CSCCN(C)C(=O)Nc1ccc(C(=O)O)cc1Br. The lowest BCUT2D eigenvalue weighted by Gasteiger charge is -2.18. The van der Waals surface area contributed by atoms with Crippen LogP contribution in [0.5, 0.6) is 0 Å². The highest BCUT2D eigenvalue weighted by Gasteiger charge is 2.12. The van der Waals surface area contributed by atoms with E-state index in [1.807, 2.05) is 6.26 Å². The van der Waals surface area contributed by atoms with Gasteiger partial charge in [-0.25, -0.2) is 9.59 Å². The van der Waals surface area contributed by atoms with Crippen LogP contribution in [0.15, 0.2) is 22.7 Å². The third-order valence-electron chi connectivity index (χ3n) is 2.44. The Morgan fingerprint density at radius 3 is 2.68 bits per heavy atom. The summed E-state index contributed by atoms with van der Waals surface area (Å²) >= 11 is 4.91. The Labute approximate surface area is 124 Å². The van der Waals surface area contributed by atoms with E-state index in [1.165, 1.54) is 12.1 Å². The van der Waals surface area contributed by atoms with Gasteiger partial charge in [-0.2, -0.15) is 11.8 Å². The van der Waals surface area contributed by atoms with E-state index in [4.69, 9.17) is 5.11 Å². The Morgan fingerprint density at radius 1 is 1.47 bits per heavy atom. The number of thioether (sulfide) groups is 1. The lowest BCUT2D eigenvalue weighted by Crippen LogP contribution is -2.33. The number of carbonyl (C=O) groups excluding carboxylic acids is 1. The molecule has 2 N–H and O–H groups in total. The number of nitrogens with one attached hydrogen (secondary N) is 1. The number of carboxylic acids is 1. The monoisotopic (exact) mass is 346 g/mol. The predicted octanol–water partition coefficient (Wildman–Crippen LogP) is 2.97. The van der Waals surface area contributed by atoms with Crippen LogP contribution in [0.4, 0.5) is 10.5 Å². The highest BCUT2D eigenvalue weighted by atomic mass is 79.9. The van der Waals surface area contributed by atoms with E-state index in [-0.39, 0.29) is 11.6 Å². The number of rotatable bonds is 5. The summed E-state index contributed by atoms with van der Waals surface area (Å²) in [6, 6.07) is 4.25. The molecule has 1 rings (SSSR count). The summed E-state index contributed by atoms with van der Waals surface area (Å²) in [6.45, 7) is 0.651. The number of hydrogen-bond donors (Lipinski definition) is 2. The van der Waals surface area contributed by atoms with Gasteiger partial charge in [0.1, 0.15) is 0 Å². The molecule has 1 aromatic rings. The maximum atomic E-state index is 11.9. The van der Waals surface area contributed by atoms with Gasteiger partial charge in [-0.3, -0.25) is 0 Å². The number of amides is 2. The maximum absolute atomic E-state index is 11.9. The van der Waals surface area contributed by atoms with Crippen LogP contribution < -0.4 is 5.32 Å². The smallest absolute Gasteiger partial charge is 0.335 e. The summed E-state index contributed by atoms with van der Waals surface area (Å²) in [6.07, 6.45) is 1.98. The second-order valence-corrected chi connectivity index (χ2v) is 5.68. The van der Waals surface area contributed by atoms with Crippen molar-refractivity contribution in [2.75, 3.05) is 30.9 Å². The molecule has 0 saturated carbocycles. The fourth-order valence-electron chi connectivity index (χ4n) is 1.29. The minimum Gasteiger partial charge on any atom is -0.478 e. The first-order chi connectivity index (χ1) is 8.95. The number of urea groups is 1. The lowest BCUT2D eigenvalue weighted by molar-refractivity contribution is 0.0697. The average Bonchev–Trinajstić information content (AvgIpc) is 2.37. The number of nitrogens with zero attached hydrogens (tertiary/aromatic N) is 1. The molecule has 1 aromatic carbocycles. The van der Waals surface area contributed by atoms with Crippen LogP contribution in [0.25, 0.3) is 0 Å². The normalized spacial score (nSPS) is 10.1. The van der Waals surface area contributed by atoms with Crippen molar-refractivity contribution in [1.82, 2.24) is 4.90 Å². The highest BCUT2D eigenvalue weighted by Crippen LogP contribution is 2.24. The van der Waals surface area contributed by atoms with Crippen molar-refractivity contribution in [2.24, 2.45) is 0 Å². The molecule has 2 amide bonds. The average molecular weight is 347 g/mol. The summed E-state index contributed by atoms with van der Waals surface area (Å²) < 4.78 is 0.541. The summed E-state index contributed by atoms with van der Waals surface area (Å²) in [5.74, 6) is -0.140. The van der Waals surface area contributed by atoms with Crippen molar-refractivity contribution in [1.29, 1.82) is 0 Å². The zero-order valence-electron chi connectivity index (χ0n) is 10.6. The van der Waals surface area contributed by atoms with Gasteiger partial charge >= 0.3 is 12.0 Å². The zero-order valence-corrected chi connectivity index (χ0v) is 13.0. The molecular formula is C12H15BrN2O3S. The molecule has 0 fully saturated rings. The van der Waals surface area contributed by atoms with Crippen LogP contribution in [-0.4, -0.2) is 47.6 Å². The maximum Gasteiger partial charge on any atom is 0.335 e. The molecule has 0 aliphatic carbocycles. The number of carbonyl (C=O) groups is 2. The molecule has 19 heavy (non-hydrogen) atoms. The molecule has 0 radical (unpaired) electrons. The van der Waals surface area contributed by atoms with Crippen molar-refractivity contribution < 1.29 is 14.7 Å². The van der Waals surface area contributed by atoms with Gasteiger partial charge in [0.15, 0.2) is 0 Å². The van der Waals surface area contributed by atoms with Crippen molar-refractivity contribution in [3.63, 3.8) is 0 Å². The number of carboxylic acid groups (broad SMARTS) is 1. The van der Waals surface area contributed by atoms with Gasteiger partial charge < -0.3 is 15.3 Å². The van der Waals surface area contributed by atoms with Crippen LogP contribution in [0.3, 0.4) is 0 Å². The number of halogens is 1. The van der Waals surface area contributed by atoms with E-state index in [1.54, 1.807) is 29.8 Å². The quantitative estimate of drug-likeness (QED) is 0.859. The molecule has 0 heterocycles. The van der Waals surface area contributed by atoms with Crippen molar-refractivity contribution >= 4 is 45.4 Å². The van der Waals surface area contributed by atoms with E-state index in [9.17, 15) is 9.59 Å². The topological polar surface area (TPSA) is 69.6 Å². The molecule has 0 atom stereocenters. The van der Waals surface area contributed by atoms with Crippen molar-refractivity contribution in [3.8, 4) is 0 Å². The summed E-state index contributed by atoms with van der Waals surface area (Å²) in [7, 11) is 1.71. The minimum atomic E-state index is -1.00. The van der Waals surface area contributed by atoms with Crippen LogP contribution in [0.2, 0.25) is 0 Å². The Morgan fingerprint density at radius 2 is 2.16 bits per heavy atom. The first kappa shape index (κ1) is 15.8. The molecule has 0 spiro atoms. The van der Waals surface area contributed by atoms with E-state index in [0.29, 0.717) is 16.7 Å². The van der Waals surface area contributed by atoms with E-state index in [0.717, 1.165) is 5.75 Å². The number of aromatic carboxylic acids is 1. The Hall–Kier alpha value is -1.21. The molecule has 0 bridgehead atoms. The molecule has 0 aliphatic heterocycles. The Bertz CT molecular complexity index is 482. The third kappa shape index (κ3) is 4.76. The number of benzene rings is 1. The van der Waals surface area contributed by atoms with Gasteiger partial charge in [0, 0.05) is 23.8 Å². The summed E-state index contributed by atoms with van der Waals surface area (Å²) in [5.41, 5.74) is 0.714. The Kier molecular flexibility index (Phi) is 6.17. The van der Waals surface area contributed by atoms with Crippen molar-refractivity contribution in [3.05, 3.63) is 28.2 Å². The van der Waals surface area contributed by atoms with Gasteiger partial charge in [-0.15, -0.1) is 0 Å². The molecule has 0 saturated heterocycles. The molecular weight excluding hydrogens is 332 g/mol. The highest BCUT2D eigenvalue weighted by molar-refractivity contribution is 9.10. The molecule has 0 unspecified atom stereocenters. The van der Waals surface area contributed by atoms with E-state index >= 15 is 0 Å². The third-order valence-corrected chi connectivity index (χ3v) is 3.68. The van der Waals surface area contributed by atoms with Crippen LogP contribution in [0, 0.1) is 0 Å².